The third kappa shape index (κ3) is 4.23. The molecule has 0 unspecified atom stereocenters. The highest BCUT2D eigenvalue weighted by Crippen LogP contribution is 2.24. The molecule has 6 heteroatoms. The lowest BCUT2D eigenvalue weighted by molar-refractivity contribution is 0.0635. The smallest absolute Gasteiger partial charge is 0.413 e. The first-order chi connectivity index (χ1) is 11.8. The molecule has 0 radical (unpaired) electrons. The molecule has 128 valence electrons. The molecule has 2 heterocycles. The summed E-state index contributed by atoms with van der Waals surface area (Å²) in [6, 6.07) is 12.3. The Morgan fingerprint density at radius 3 is 2.68 bits per heavy atom. The number of phenolic OH excluding ortho intramolecular Hbond substituents is 1. The van der Waals surface area contributed by atoms with Crippen LogP contribution in [0, 0.1) is 0 Å². The van der Waals surface area contributed by atoms with Crippen LogP contribution in [0.25, 0.3) is 22.2 Å². The average molecular weight is 337 g/mol. The van der Waals surface area contributed by atoms with Crippen LogP contribution in [0.5, 0.6) is 5.75 Å². The molecule has 2 N–H and O–H groups in total. The van der Waals surface area contributed by atoms with Gasteiger partial charge in [0.1, 0.15) is 17.2 Å². The predicted molar refractivity (Wildman–Crippen MR) is 96.5 cm³/mol. The number of phenols is 1. The Balaban J connectivity index is 1.86. The number of ether oxygens (including phenoxy) is 1. The van der Waals surface area contributed by atoms with Crippen molar-refractivity contribution in [3.8, 4) is 17.0 Å². The van der Waals surface area contributed by atoms with Crippen molar-refractivity contribution in [3.63, 3.8) is 0 Å². The number of carbonyl (C=O) groups is 1. The van der Waals surface area contributed by atoms with E-state index in [-0.39, 0.29) is 5.75 Å². The van der Waals surface area contributed by atoms with Gasteiger partial charge in [-0.2, -0.15) is 0 Å². The molecule has 3 aromatic rings. The molecule has 0 aliphatic carbocycles. The molecule has 0 bridgehead atoms. The van der Waals surface area contributed by atoms with E-state index in [4.69, 9.17) is 4.74 Å². The summed E-state index contributed by atoms with van der Waals surface area (Å²) < 4.78 is 5.23. The summed E-state index contributed by atoms with van der Waals surface area (Å²) in [5.41, 5.74) is 1.75. The molecule has 6 nitrogen and oxygen atoms in total. The van der Waals surface area contributed by atoms with Crippen LogP contribution in [0.1, 0.15) is 20.8 Å². The third-order valence-electron chi connectivity index (χ3n) is 3.36. The molecule has 0 spiro atoms. The molecular weight excluding hydrogens is 318 g/mol. The van der Waals surface area contributed by atoms with E-state index in [2.05, 4.69) is 15.3 Å². The van der Waals surface area contributed by atoms with E-state index in [0.717, 1.165) is 22.2 Å². The van der Waals surface area contributed by atoms with Gasteiger partial charge in [-0.25, -0.2) is 14.8 Å². The maximum atomic E-state index is 11.9. The Bertz CT molecular complexity index is 933. The maximum absolute atomic E-state index is 11.9. The van der Waals surface area contributed by atoms with Crippen LogP contribution in [-0.2, 0) is 4.74 Å². The molecule has 0 fully saturated rings. The standard InChI is InChI=1S/C19H19N3O3/c1-19(2,3)25-18(24)22-17-11-13(8-9-20-17)15-6-4-12-10-14(23)5-7-16(12)21-15/h4-11,23H,1-3H3,(H,20,22,24). The lowest BCUT2D eigenvalue weighted by Crippen LogP contribution is -2.27. The second-order valence-electron chi connectivity index (χ2n) is 6.63. The van der Waals surface area contributed by atoms with Gasteiger partial charge in [-0.1, -0.05) is 6.07 Å². The van der Waals surface area contributed by atoms with Crippen molar-refractivity contribution in [2.75, 3.05) is 5.32 Å². The van der Waals surface area contributed by atoms with E-state index in [0.29, 0.717) is 5.82 Å². The zero-order chi connectivity index (χ0) is 18.0. The number of pyridine rings is 2. The van der Waals surface area contributed by atoms with Gasteiger partial charge in [0.2, 0.25) is 0 Å². The number of benzene rings is 1. The summed E-state index contributed by atoms with van der Waals surface area (Å²) in [5, 5.41) is 13.0. The molecule has 0 aliphatic heterocycles. The minimum atomic E-state index is -0.576. The van der Waals surface area contributed by atoms with Crippen LogP contribution in [0.4, 0.5) is 10.6 Å². The fraction of sp³-hybridized carbons (Fsp3) is 0.211. The van der Waals surface area contributed by atoms with Gasteiger partial charge in [-0.3, -0.25) is 5.32 Å². The van der Waals surface area contributed by atoms with E-state index in [1.54, 1.807) is 51.2 Å². The number of amides is 1. The van der Waals surface area contributed by atoms with E-state index < -0.39 is 11.7 Å². The number of nitrogens with zero attached hydrogens (tertiary/aromatic N) is 2. The summed E-state index contributed by atoms with van der Waals surface area (Å²) in [4.78, 5) is 20.6. The molecule has 1 aromatic carbocycles. The number of nitrogens with one attached hydrogen (secondary N) is 1. The fourth-order valence-electron chi connectivity index (χ4n) is 2.34. The van der Waals surface area contributed by atoms with Crippen molar-refractivity contribution in [2.45, 2.75) is 26.4 Å². The summed E-state index contributed by atoms with van der Waals surface area (Å²) >= 11 is 0. The van der Waals surface area contributed by atoms with Crippen LogP contribution in [-0.4, -0.2) is 26.8 Å². The number of hydrogen-bond acceptors (Lipinski definition) is 5. The summed E-state index contributed by atoms with van der Waals surface area (Å²) in [7, 11) is 0. The molecule has 0 saturated heterocycles. The van der Waals surface area contributed by atoms with Crippen molar-refractivity contribution >= 4 is 22.8 Å². The van der Waals surface area contributed by atoms with Gasteiger partial charge < -0.3 is 9.84 Å². The van der Waals surface area contributed by atoms with Crippen molar-refractivity contribution in [1.29, 1.82) is 0 Å². The van der Waals surface area contributed by atoms with Crippen LogP contribution < -0.4 is 5.32 Å². The minimum Gasteiger partial charge on any atom is -0.508 e. The van der Waals surface area contributed by atoms with Crippen molar-refractivity contribution < 1.29 is 14.6 Å². The zero-order valence-corrected chi connectivity index (χ0v) is 14.3. The molecule has 0 atom stereocenters. The van der Waals surface area contributed by atoms with E-state index >= 15 is 0 Å². The highest BCUT2D eigenvalue weighted by molar-refractivity contribution is 5.86. The minimum absolute atomic E-state index is 0.204. The Kier molecular flexibility index (Phi) is 4.27. The van der Waals surface area contributed by atoms with Gasteiger partial charge in [-0.05, 0) is 57.2 Å². The molecule has 0 aliphatic rings. The van der Waals surface area contributed by atoms with Gasteiger partial charge in [0.15, 0.2) is 0 Å². The number of rotatable bonds is 2. The lowest BCUT2D eigenvalue weighted by Gasteiger charge is -2.19. The van der Waals surface area contributed by atoms with Crippen molar-refractivity contribution in [2.24, 2.45) is 0 Å². The Hall–Kier alpha value is -3.15. The molecular formula is C19H19N3O3. The van der Waals surface area contributed by atoms with Gasteiger partial charge in [0, 0.05) is 17.1 Å². The largest absolute Gasteiger partial charge is 0.508 e. The lowest BCUT2D eigenvalue weighted by atomic mass is 10.1. The highest BCUT2D eigenvalue weighted by atomic mass is 16.6. The number of aromatic nitrogens is 2. The van der Waals surface area contributed by atoms with E-state index in [1.165, 1.54) is 0 Å². The number of fused-ring (bicyclic) bond motifs is 1. The van der Waals surface area contributed by atoms with Gasteiger partial charge in [0.05, 0.1) is 11.2 Å². The molecule has 2 aromatic heterocycles. The van der Waals surface area contributed by atoms with Crippen LogP contribution >= 0.6 is 0 Å². The quantitative estimate of drug-likeness (QED) is 0.726. The van der Waals surface area contributed by atoms with Crippen LogP contribution in [0.15, 0.2) is 48.7 Å². The highest BCUT2D eigenvalue weighted by Gasteiger charge is 2.16. The summed E-state index contributed by atoms with van der Waals surface area (Å²) in [6.45, 7) is 5.40. The summed E-state index contributed by atoms with van der Waals surface area (Å²) in [5.74, 6) is 0.592. The first-order valence-electron chi connectivity index (χ1n) is 7.86. The number of aromatic hydroxyl groups is 1. The third-order valence-corrected chi connectivity index (χ3v) is 3.36. The number of anilines is 1. The monoisotopic (exact) mass is 337 g/mol. The summed E-state index contributed by atoms with van der Waals surface area (Å²) in [6.07, 6.45) is 1.05. The van der Waals surface area contributed by atoms with E-state index in [9.17, 15) is 9.90 Å². The topological polar surface area (TPSA) is 84.3 Å². The number of carbonyl (C=O) groups excluding carboxylic acids is 1. The average Bonchev–Trinajstić information content (AvgIpc) is 2.52. The Labute approximate surface area is 145 Å². The predicted octanol–water partition coefficient (Wildman–Crippen LogP) is 4.35. The number of hydrogen-bond donors (Lipinski definition) is 2. The normalized spacial score (nSPS) is 11.3. The SMILES string of the molecule is CC(C)(C)OC(=O)Nc1cc(-c2ccc3cc(O)ccc3n2)ccn1. The van der Waals surface area contributed by atoms with Crippen molar-refractivity contribution in [3.05, 3.63) is 48.7 Å². The first-order valence-corrected chi connectivity index (χ1v) is 7.86. The molecule has 0 saturated carbocycles. The maximum Gasteiger partial charge on any atom is 0.413 e. The van der Waals surface area contributed by atoms with E-state index in [1.807, 2.05) is 18.2 Å². The Morgan fingerprint density at radius 2 is 1.92 bits per heavy atom. The Morgan fingerprint density at radius 1 is 1.12 bits per heavy atom. The van der Waals surface area contributed by atoms with Crippen molar-refractivity contribution in [1.82, 2.24) is 9.97 Å². The zero-order valence-electron chi connectivity index (χ0n) is 14.3. The molecule has 25 heavy (non-hydrogen) atoms. The van der Waals surface area contributed by atoms with Gasteiger partial charge in [0.25, 0.3) is 0 Å². The fourth-order valence-corrected chi connectivity index (χ4v) is 2.34. The second-order valence-corrected chi connectivity index (χ2v) is 6.63. The van der Waals surface area contributed by atoms with Gasteiger partial charge in [-0.15, -0.1) is 0 Å². The van der Waals surface area contributed by atoms with Crippen LogP contribution in [0.2, 0.25) is 0 Å². The van der Waals surface area contributed by atoms with Crippen LogP contribution in [0.3, 0.4) is 0 Å². The molecule has 1 amide bonds. The first kappa shape index (κ1) is 16.7. The molecule has 3 rings (SSSR count). The second kappa shape index (κ2) is 6.39. The van der Waals surface area contributed by atoms with Gasteiger partial charge >= 0.3 is 6.09 Å².